The van der Waals surface area contributed by atoms with Gasteiger partial charge in [0.15, 0.2) is 0 Å². The largest absolute Gasteiger partial charge is 0.310 e. The van der Waals surface area contributed by atoms with Gasteiger partial charge in [0.2, 0.25) is 0 Å². The van der Waals surface area contributed by atoms with Gasteiger partial charge in [-0.25, -0.2) is 14.2 Å². The Balaban J connectivity index is 1.89. The fourth-order valence-electron chi connectivity index (χ4n) is 2.68. The van der Waals surface area contributed by atoms with Crippen molar-refractivity contribution in [2.24, 2.45) is 10.9 Å². The maximum Gasteiger partial charge on any atom is 0.126 e. The SMILES string of the molecule is CNNC1=NC[C@@]2(c3cc(F)cc(F)c3)C[C@@H]12. The zero-order valence-corrected chi connectivity index (χ0v) is 9.43. The summed E-state index contributed by atoms with van der Waals surface area (Å²) in [6, 6.07) is 3.74. The standard InChI is InChI=1S/C12H13F2N3/c1-15-17-11-10-5-12(10,6-16-11)7-2-8(13)4-9(14)3-7/h2-4,10,15H,5-6H2,1H3,(H,16,17)/t10-,12+/m0/s1. The molecule has 0 amide bonds. The predicted molar refractivity (Wildman–Crippen MR) is 60.6 cm³/mol. The summed E-state index contributed by atoms with van der Waals surface area (Å²) in [5, 5.41) is 0. The number of amidine groups is 1. The van der Waals surface area contributed by atoms with Crippen molar-refractivity contribution in [1.82, 2.24) is 10.9 Å². The topological polar surface area (TPSA) is 36.4 Å². The van der Waals surface area contributed by atoms with Gasteiger partial charge in [0.1, 0.15) is 17.5 Å². The minimum atomic E-state index is -0.518. The van der Waals surface area contributed by atoms with Gasteiger partial charge in [0.05, 0.1) is 6.54 Å². The van der Waals surface area contributed by atoms with Gasteiger partial charge in [0, 0.05) is 24.4 Å². The Morgan fingerprint density at radius 2 is 2.00 bits per heavy atom. The molecule has 17 heavy (non-hydrogen) atoms. The lowest BCUT2D eigenvalue weighted by molar-refractivity contribution is 0.570. The van der Waals surface area contributed by atoms with Crippen LogP contribution in [0.2, 0.25) is 0 Å². The molecule has 0 unspecified atom stereocenters. The van der Waals surface area contributed by atoms with E-state index in [1.807, 2.05) is 0 Å². The predicted octanol–water partition coefficient (Wildman–Crippen LogP) is 1.36. The summed E-state index contributed by atoms with van der Waals surface area (Å²) in [5.41, 5.74) is 6.34. The molecule has 0 saturated heterocycles. The minimum absolute atomic E-state index is 0.178. The van der Waals surface area contributed by atoms with Gasteiger partial charge in [-0.2, -0.15) is 0 Å². The second kappa shape index (κ2) is 3.50. The highest BCUT2D eigenvalue weighted by molar-refractivity contribution is 5.91. The first-order chi connectivity index (χ1) is 8.15. The van der Waals surface area contributed by atoms with E-state index in [1.165, 1.54) is 12.1 Å². The number of rotatable bonds is 2. The Labute approximate surface area is 97.9 Å². The van der Waals surface area contributed by atoms with E-state index in [2.05, 4.69) is 15.8 Å². The molecule has 3 rings (SSSR count). The lowest BCUT2D eigenvalue weighted by Crippen LogP contribution is -2.35. The molecule has 0 spiro atoms. The molecule has 2 N–H and O–H groups in total. The number of benzene rings is 1. The van der Waals surface area contributed by atoms with Crippen LogP contribution in [0, 0.1) is 17.6 Å². The van der Waals surface area contributed by atoms with Crippen LogP contribution in [0.4, 0.5) is 8.78 Å². The van der Waals surface area contributed by atoms with Crippen molar-refractivity contribution in [2.75, 3.05) is 13.6 Å². The Morgan fingerprint density at radius 1 is 1.29 bits per heavy atom. The molecule has 1 saturated carbocycles. The number of nitrogens with one attached hydrogen (secondary N) is 2. The smallest absolute Gasteiger partial charge is 0.126 e. The Kier molecular flexibility index (Phi) is 2.19. The highest BCUT2D eigenvalue weighted by atomic mass is 19.1. The van der Waals surface area contributed by atoms with Crippen LogP contribution in [0.15, 0.2) is 23.2 Å². The van der Waals surface area contributed by atoms with E-state index in [1.54, 1.807) is 7.05 Å². The third-order valence-electron chi connectivity index (χ3n) is 3.63. The van der Waals surface area contributed by atoms with Gasteiger partial charge >= 0.3 is 0 Å². The van der Waals surface area contributed by atoms with E-state index in [4.69, 9.17) is 0 Å². The number of hydrogen-bond donors (Lipinski definition) is 2. The van der Waals surface area contributed by atoms with Crippen LogP contribution in [-0.4, -0.2) is 19.4 Å². The molecule has 0 aromatic heterocycles. The van der Waals surface area contributed by atoms with Gasteiger partial charge in [0.25, 0.3) is 0 Å². The van der Waals surface area contributed by atoms with E-state index < -0.39 is 11.6 Å². The molecular formula is C12H13F2N3. The van der Waals surface area contributed by atoms with E-state index in [0.29, 0.717) is 6.54 Å². The number of hydrazine groups is 1. The van der Waals surface area contributed by atoms with Crippen molar-refractivity contribution in [3.8, 4) is 0 Å². The monoisotopic (exact) mass is 237 g/mol. The summed E-state index contributed by atoms with van der Waals surface area (Å²) in [7, 11) is 1.77. The van der Waals surface area contributed by atoms with Crippen LogP contribution >= 0.6 is 0 Å². The quantitative estimate of drug-likeness (QED) is 0.762. The first-order valence-electron chi connectivity index (χ1n) is 5.59. The summed E-state index contributed by atoms with van der Waals surface area (Å²) < 4.78 is 26.4. The van der Waals surface area contributed by atoms with E-state index in [0.717, 1.165) is 23.9 Å². The first kappa shape index (κ1) is 10.7. The highest BCUT2D eigenvalue weighted by Crippen LogP contribution is 2.58. The van der Waals surface area contributed by atoms with Gasteiger partial charge in [-0.3, -0.25) is 4.99 Å². The molecular weight excluding hydrogens is 224 g/mol. The average Bonchev–Trinajstić information content (AvgIpc) is 2.91. The number of aliphatic imine (C=N–C) groups is 1. The van der Waals surface area contributed by atoms with Crippen LogP contribution in [-0.2, 0) is 5.41 Å². The van der Waals surface area contributed by atoms with E-state index >= 15 is 0 Å². The fourth-order valence-corrected chi connectivity index (χ4v) is 2.68. The maximum absolute atomic E-state index is 13.2. The average molecular weight is 237 g/mol. The van der Waals surface area contributed by atoms with Crippen LogP contribution < -0.4 is 10.9 Å². The van der Waals surface area contributed by atoms with E-state index in [9.17, 15) is 8.78 Å². The molecule has 5 heteroatoms. The molecule has 90 valence electrons. The second-order valence-corrected chi connectivity index (χ2v) is 4.65. The fraction of sp³-hybridized carbons (Fsp3) is 0.417. The number of halogens is 2. The van der Waals surface area contributed by atoms with E-state index in [-0.39, 0.29) is 11.3 Å². The van der Waals surface area contributed by atoms with Crippen molar-refractivity contribution in [1.29, 1.82) is 0 Å². The Bertz CT molecular complexity index is 480. The van der Waals surface area contributed by atoms with Crippen LogP contribution in [0.25, 0.3) is 0 Å². The van der Waals surface area contributed by atoms with Crippen molar-refractivity contribution in [3.63, 3.8) is 0 Å². The molecule has 2 atom stereocenters. The minimum Gasteiger partial charge on any atom is -0.310 e. The Morgan fingerprint density at radius 3 is 2.59 bits per heavy atom. The number of fused-ring (bicyclic) bond motifs is 1. The van der Waals surface area contributed by atoms with Gasteiger partial charge < -0.3 is 5.43 Å². The van der Waals surface area contributed by atoms with Crippen molar-refractivity contribution < 1.29 is 8.78 Å². The molecule has 1 aliphatic heterocycles. The lowest BCUT2D eigenvalue weighted by atomic mass is 9.94. The normalized spacial score (nSPS) is 29.8. The second-order valence-electron chi connectivity index (χ2n) is 4.65. The molecule has 0 bridgehead atoms. The van der Waals surface area contributed by atoms with Gasteiger partial charge in [-0.1, -0.05) is 0 Å². The van der Waals surface area contributed by atoms with Crippen molar-refractivity contribution in [2.45, 2.75) is 11.8 Å². The molecule has 3 nitrogen and oxygen atoms in total. The van der Waals surface area contributed by atoms with Gasteiger partial charge in [-0.05, 0) is 24.1 Å². The third kappa shape index (κ3) is 1.53. The summed E-state index contributed by atoms with van der Waals surface area (Å²) in [5.74, 6) is 0.110. The zero-order chi connectivity index (χ0) is 12.0. The Hall–Kier alpha value is -1.49. The summed E-state index contributed by atoms with van der Waals surface area (Å²) >= 11 is 0. The highest BCUT2D eigenvalue weighted by Gasteiger charge is 2.61. The summed E-state index contributed by atoms with van der Waals surface area (Å²) in [6.45, 7) is 0.602. The number of nitrogens with zero attached hydrogens (tertiary/aromatic N) is 1. The first-order valence-corrected chi connectivity index (χ1v) is 5.59. The van der Waals surface area contributed by atoms with Crippen LogP contribution in [0.5, 0.6) is 0 Å². The zero-order valence-electron chi connectivity index (χ0n) is 9.43. The molecule has 1 heterocycles. The van der Waals surface area contributed by atoms with Gasteiger partial charge in [-0.15, -0.1) is 0 Å². The molecule has 1 aromatic rings. The van der Waals surface area contributed by atoms with Crippen molar-refractivity contribution >= 4 is 5.84 Å². The lowest BCUT2D eigenvalue weighted by Gasteiger charge is -2.11. The third-order valence-corrected chi connectivity index (χ3v) is 3.63. The molecule has 1 fully saturated rings. The van der Waals surface area contributed by atoms with Crippen LogP contribution in [0.3, 0.4) is 0 Å². The molecule has 1 aromatic carbocycles. The molecule has 1 aliphatic carbocycles. The molecule has 0 radical (unpaired) electrons. The maximum atomic E-state index is 13.2. The number of hydrogen-bond acceptors (Lipinski definition) is 3. The summed E-state index contributed by atoms with van der Waals surface area (Å²) in [6.07, 6.45) is 0.906. The molecule has 2 aliphatic rings. The van der Waals surface area contributed by atoms with Crippen molar-refractivity contribution in [3.05, 3.63) is 35.4 Å². The summed E-state index contributed by atoms with van der Waals surface area (Å²) in [4.78, 5) is 4.36. The van der Waals surface area contributed by atoms with Crippen LogP contribution in [0.1, 0.15) is 12.0 Å².